The van der Waals surface area contributed by atoms with Crippen molar-refractivity contribution in [1.29, 1.82) is 0 Å². The summed E-state index contributed by atoms with van der Waals surface area (Å²) in [5.41, 5.74) is 0. The Labute approximate surface area is 116 Å². The topological polar surface area (TPSA) is 12.5 Å². The van der Waals surface area contributed by atoms with E-state index in [0.717, 1.165) is 30.9 Å². The summed E-state index contributed by atoms with van der Waals surface area (Å²) in [5, 5.41) is 0. The van der Waals surface area contributed by atoms with E-state index < -0.39 is 0 Å². The van der Waals surface area contributed by atoms with Crippen LogP contribution in [-0.2, 0) is 0 Å². The predicted octanol–water partition coefficient (Wildman–Crippen LogP) is 3.72. The molecule has 104 valence electrons. The van der Waals surface area contributed by atoms with Crippen molar-refractivity contribution in [2.45, 2.75) is 44.6 Å². The molecule has 0 spiro atoms. The molecule has 0 N–H and O–H groups in total. The number of hydrogen-bond donors (Lipinski definition) is 0. The fourth-order valence-corrected chi connectivity index (χ4v) is 3.80. The first-order valence-electron chi connectivity index (χ1n) is 7.85. The van der Waals surface area contributed by atoms with Gasteiger partial charge in [0.2, 0.25) is 0 Å². The van der Waals surface area contributed by atoms with Crippen molar-refractivity contribution in [1.82, 2.24) is 4.90 Å². The van der Waals surface area contributed by atoms with Crippen molar-refractivity contribution < 1.29 is 4.74 Å². The Morgan fingerprint density at radius 1 is 1.00 bits per heavy atom. The summed E-state index contributed by atoms with van der Waals surface area (Å²) in [4.78, 5) is 2.69. The average molecular weight is 259 g/mol. The molecule has 1 aliphatic carbocycles. The van der Waals surface area contributed by atoms with Crippen LogP contribution in [0.25, 0.3) is 0 Å². The Hall–Kier alpha value is -1.02. The number of hydrogen-bond acceptors (Lipinski definition) is 2. The van der Waals surface area contributed by atoms with Crippen LogP contribution in [0.4, 0.5) is 0 Å². The Bertz CT molecular complexity index is 376. The van der Waals surface area contributed by atoms with Gasteiger partial charge in [-0.15, -0.1) is 0 Å². The lowest BCUT2D eigenvalue weighted by molar-refractivity contribution is 0.0501. The first-order valence-corrected chi connectivity index (χ1v) is 7.85. The van der Waals surface area contributed by atoms with E-state index in [2.05, 4.69) is 4.90 Å². The van der Waals surface area contributed by atoms with Gasteiger partial charge in [-0.05, 0) is 50.3 Å². The van der Waals surface area contributed by atoms with Crippen molar-refractivity contribution in [2.75, 3.05) is 19.7 Å². The van der Waals surface area contributed by atoms with Gasteiger partial charge in [-0.2, -0.15) is 0 Å². The molecule has 0 radical (unpaired) electrons. The van der Waals surface area contributed by atoms with Crippen LogP contribution in [0.1, 0.15) is 38.5 Å². The molecule has 0 amide bonds. The summed E-state index contributed by atoms with van der Waals surface area (Å²) in [7, 11) is 0. The highest BCUT2D eigenvalue weighted by Gasteiger charge is 2.32. The molecule has 2 aliphatic rings. The molecule has 1 aliphatic heterocycles. The fraction of sp³-hybridized carbons (Fsp3) is 0.647. The third kappa shape index (κ3) is 3.30. The largest absolute Gasteiger partial charge is 0.492 e. The molecule has 19 heavy (non-hydrogen) atoms. The molecule has 2 atom stereocenters. The van der Waals surface area contributed by atoms with Gasteiger partial charge in [-0.3, -0.25) is 4.90 Å². The summed E-state index contributed by atoms with van der Waals surface area (Å²) in [5.74, 6) is 1.97. The Morgan fingerprint density at radius 3 is 2.68 bits per heavy atom. The maximum Gasteiger partial charge on any atom is 0.119 e. The van der Waals surface area contributed by atoms with Gasteiger partial charge in [0.1, 0.15) is 12.4 Å². The quantitative estimate of drug-likeness (QED) is 0.817. The summed E-state index contributed by atoms with van der Waals surface area (Å²) in [6.45, 7) is 3.20. The zero-order chi connectivity index (χ0) is 12.9. The van der Waals surface area contributed by atoms with E-state index in [1.807, 2.05) is 30.3 Å². The van der Waals surface area contributed by atoms with E-state index in [1.54, 1.807) is 0 Å². The summed E-state index contributed by atoms with van der Waals surface area (Å²) < 4.78 is 5.85. The second-order valence-corrected chi connectivity index (χ2v) is 5.95. The lowest BCUT2D eigenvalue weighted by atomic mass is 9.78. The van der Waals surface area contributed by atoms with Gasteiger partial charge in [0.15, 0.2) is 0 Å². The van der Waals surface area contributed by atoms with E-state index in [-0.39, 0.29) is 0 Å². The second kappa shape index (κ2) is 6.42. The number of likely N-dealkylation sites (tertiary alicyclic amines) is 1. The molecular formula is C17H25NO. The van der Waals surface area contributed by atoms with E-state index in [9.17, 15) is 0 Å². The first-order chi connectivity index (χ1) is 9.43. The molecule has 2 nitrogen and oxygen atoms in total. The number of para-hydroxylation sites is 1. The van der Waals surface area contributed by atoms with Gasteiger partial charge < -0.3 is 4.74 Å². The zero-order valence-corrected chi connectivity index (χ0v) is 11.8. The standard InChI is InChI=1S/C17H25NO/c1-2-9-16(10-3-1)19-14-13-18-12-6-8-15-7-4-5-11-17(15)18/h1-3,9-10,15,17H,4-8,11-14H2. The van der Waals surface area contributed by atoms with Gasteiger partial charge in [-0.1, -0.05) is 31.0 Å². The molecule has 2 fully saturated rings. The number of rotatable bonds is 4. The van der Waals surface area contributed by atoms with Crippen LogP contribution < -0.4 is 4.74 Å². The summed E-state index contributed by atoms with van der Waals surface area (Å²) in [6.07, 6.45) is 8.59. The van der Waals surface area contributed by atoms with Crippen molar-refractivity contribution >= 4 is 0 Å². The Kier molecular flexibility index (Phi) is 4.39. The van der Waals surface area contributed by atoms with Crippen molar-refractivity contribution in [3.63, 3.8) is 0 Å². The third-order valence-corrected chi connectivity index (χ3v) is 4.75. The monoisotopic (exact) mass is 259 g/mol. The maximum absolute atomic E-state index is 5.85. The van der Waals surface area contributed by atoms with Gasteiger partial charge >= 0.3 is 0 Å². The van der Waals surface area contributed by atoms with Gasteiger partial charge in [0.05, 0.1) is 0 Å². The number of ether oxygens (including phenoxy) is 1. The molecule has 1 saturated carbocycles. The number of nitrogens with zero attached hydrogens (tertiary/aromatic N) is 1. The second-order valence-electron chi connectivity index (χ2n) is 5.95. The number of fused-ring (bicyclic) bond motifs is 1. The molecule has 0 bridgehead atoms. The molecule has 0 aromatic heterocycles. The van der Waals surface area contributed by atoms with Crippen molar-refractivity contribution in [3.8, 4) is 5.75 Å². The van der Waals surface area contributed by atoms with Crippen LogP contribution in [0.5, 0.6) is 5.75 Å². The zero-order valence-electron chi connectivity index (χ0n) is 11.8. The summed E-state index contributed by atoms with van der Waals surface area (Å²) >= 11 is 0. The molecule has 2 heteroatoms. The molecule has 1 aromatic carbocycles. The van der Waals surface area contributed by atoms with Crippen LogP contribution >= 0.6 is 0 Å². The first kappa shape index (κ1) is 13.0. The third-order valence-electron chi connectivity index (χ3n) is 4.75. The van der Waals surface area contributed by atoms with Gasteiger partial charge in [0, 0.05) is 12.6 Å². The van der Waals surface area contributed by atoms with Crippen molar-refractivity contribution in [2.24, 2.45) is 5.92 Å². The summed E-state index contributed by atoms with van der Waals surface area (Å²) in [6, 6.07) is 11.0. The highest BCUT2D eigenvalue weighted by molar-refractivity contribution is 5.20. The SMILES string of the molecule is c1ccc(OCCN2CCCC3CCCCC32)cc1. The fourth-order valence-electron chi connectivity index (χ4n) is 3.80. The van der Waals surface area contributed by atoms with Crippen LogP contribution in [0, 0.1) is 5.92 Å². The molecule has 1 heterocycles. The van der Waals surface area contributed by atoms with E-state index in [1.165, 1.54) is 45.1 Å². The highest BCUT2D eigenvalue weighted by atomic mass is 16.5. The molecule has 1 saturated heterocycles. The van der Waals surface area contributed by atoms with E-state index >= 15 is 0 Å². The van der Waals surface area contributed by atoms with Crippen molar-refractivity contribution in [3.05, 3.63) is 30.3 Å². The minimum Gasteiger partial charge on any atom is -0.492 e. The lowest BCUT2D eigenvalue weighted by Gasteiger charge is -2.44. The lowest BCUT2D eigenvalue weighted by Crippen LogP contribution is -2.48. The Morgan fingerprint density at radius 2 is 1.79 bits per heavy atom. The molecular weight excluding hydrogens is 234 g/mol. The number of benzene rings is 1. The average Bonchev–Trinajstić information content (AvgIpc) is 2.49. The molecule has 1 aromatic rings. The minimum absolute atomic E-state index is 0.827. The van der Waals surface area contributed by atoms with Crippen LogP contribution in [0.15, 0.2) is 30.3 Å². The van der Waals surface area contributed by atoms with Gasteiger partial charge in [-0.25, -0.2) is 0 Å². The smallest absolute Gasteiger partial charge is 0.119 e. The predicted molar refractivity (Wildman–Crippen MR) is 78.5 cm³/mol. The van der Waals surface area contributed by atoms with E-state index in [0.29, 0.717) is 0 Å². The molecule has 3 rings (SSSR count). The molecule has 2 unspecified atom stereocenters. The normalized spacial score (nSPS) is 27.8. The van der Waals surface area contributed by atoms with Crippen LogP contribution in [-0.4, -0.2) is 30.6 Å². The highest BCUT2D eigenvalue weighted by Crippen LogP contribution is 2.34. The van der Waals surface area contributed by atoms with Crippen LogP contribution in [0.2, 0.25) is 0 Å². The Balaban J connectivity index is 1.49. The number of piperidine rings is 1. The van der Waals surface area contributed by atoms with E-state index in [4.69, 9.17) is 4.74 Å². The van der Waals surface area contributed by atoms with Gasteiger partial charge in [0.25, 0.3) is 0 Å². The minimum atomic E-state index is 0.827. The van der Waals surface area contributed by atoms with Crippen LogP contribution in [0.3, 0.4) is 0 Å². The maximum atomic E-state index is 5.85.